The van der Waals surface area contributed by atoms with Gasteiger partial charge in [0.15, 0.2) is 0 Å². The molecule has 0 bridgehead atoms. The van der Waals surface area contributed by atoms with Crippen LogP contribution in [0, 0.1) is 6.92 Å². The number of phenols is 1. The van der Waals surface area contributed by atoms with Crippen LogP contribution in [0.5, 0.6) is 5.75 Å². The van der Waals surface area contributed by atoms with Gasteiger partial charge in [0.25, 0.3) is 0 Å². The molecule has 0 atom stereocenters. The number of aromatic hydroxyl groups is 1. The predicted octanol–water partition coefficient (Wildman–Crippen LogP) is 3.96. The van der Waals surface area contributed by atoms with E-state index in [1.54, 1.807) is 30.3 Å². The lowest BCUT2D eigenvalue weighted by Gasteiger charge is -2.05. The Bertz CT molecular complexity index is 667. The van der Waals surface area contributed by atoms with Crippen LogP contribution in [0.3, 0.4) is 0 Å². The third-order valence-corrected chi connectivity index (χ3v) is 3.19. The standard InChI is InChI=1S/C17H16O3/c1-11(15-7-8-16(18)12(2)10-15)9-13-3-5-14(6-4-13)17(19)20/h3-10,18H,1-2H3,(H,19,20). The second-order valence-corrected chi connectivity index (χ2v) is 4.76. The zero-order chi connectivity index (χ0) is 14.7. The number of phenolic OH excluding ortho intramolecular Hbond substituents is 1. The molecule has 0 heterocycles. The Hall–Kier alpha value is -2.55. The average Bonchev–Trinajstić information content (AvgIpc) is 2.42. The van der Waals surface area contributed by atoms with E-state index in [2.05, 4.69) is 0 Å². The second-order valence-electron chi connectivity index (χ2n) is 4.76. The molecule has 3 heteroatoms. The van der Waals surface area contributed by atoms with Gasteiger partial charge in [-0.15, -0.1) is 0 Å². The van der Waals surface area contributed by atoms with Gasteiger partial charge in [0.1, 0.15) is 5.75 Å². The fourth-order valence-electron chi connectivity index (χ4n) is 1.96. The molecular formula is C17H16O3. The summed E-state index contributed by atoms with van der Waals surface area (Å²) in [4.78, 5) is 10.8. The smallest absolute Gasteiger partial charge is 0.335 e. The van der Waals surface area contributed by atoms with Crippen molar-refractivity contribution in [2.24, 2.45) is 0 Å². The van der Waals surface area contributed by atoms with Crippen LogP contribution in [0.25, 0.3) is 11.6 Å². The highest BCUT2D eigenvalue weighted by atomic mass is 16.4. The molecule has 2 aromatic rings. The van der Waals surface area contributed by atoms with E-state index in [0.717, 1.165) is 22.3 Å². The van der Waals surface area contributed by atoms with E-state index in [4.69, 9.17) is 5.11 Å². The molecule has 3 nitrogen and oxygen atoms in total. The van der Waals surface area contributed by atoms with Crippen LogP contribution < -0.4 is 0 Å². The molecule has 2 rings (SSSR count). The minimum absolute atomic E-state index is 0.278. The van der Waals surface area contributed by atoms with Crippen LogP contribution >= 0.6 is 0 Å². The molecule has 0 amide bonds. The maximum Gasteiger partial charge on any atom is 0.335 e. The largest absolute Gasteiger partial charge is 0.508 e. The minimum atomic E-state index is -0.925. The molecule has 0 saturated heterocycles. The number of carboxylic acids is 1. The van der Waals surface area contributed by atoms with Crippen molar-refractivity contribution in [1.29, 1.82) is 0 Å². The molecule has 0 fully saturated rings. The molecule has 0 unspecified atom stereocenters. The first-order valence-corrected chi connectivity index (χ1v) is 6.29. The number of hydrogen-bond donors (Lipinski definition) is 2. The summed E-state index contributed by atoms with van der Waals surface area (Å²) >= 11 is 0. The maximum absolute atomic E-state index is 10.8. The number of benzene rings is 2. The van der Waals surface area contributed by atoms with E-state index >= 15 is 0 Å². The summed E-state index contributed by atoms with van der Waals surface area (Å²) in [6, 6.07) is 12.2. The quantitative estimate of drug-likeness (QED) is 0.828. The lowest BCUT2D eigenvalue weighted by atomic mass is 10.0. The van der Waals surface area contributed by atoms with Gasteiger partial charge in [-0.3, -0.25) is 0 Å². The molecule has 0 aliphatic rings. The fourth-order valence-corrected chi connectivity index (χ4v) is 1.96. The third-order valence-electron chi connectivity index (χ3n) is 3.19. The Morgan fingerprint density at radius 3 is 2.20 bits per heavy atom. The van der Waals surface area contributed by atoms with Gasteiger partial charge in [-0.2, -0.15) is 0 Å². The number of carboxylic acid groups (broad SMARTS) is 1. The molecule has 0 aliphatic carbocycles. The van der Waals surface area contributed by atoms with E-state index in [1.165, 1.54) is 0 Å². The Morgan fingerprint density at radius 1 is 1.05 bits per heavy atom. The molecule has 2 aromatic carbocycles. The van der Waals surface area contributed by atoms with Gasteiger partial charge in [0.05, 0.1) is 5.56 Å². The summed E-state index contributed by atoms with van der Waals surface area (Å²) in [5.74, 6) is -0.640. The van der Waals surface area contributed by atoms with E-state index in [0.29, 0.717) is 0 Å². The first-order valence-electron chi connectivity index (χ1n) is 6.29. The summed E-state index contributed by atoms with van der Waals surface area (Å²) in [6.45, 7) is 3.84. The average molecular weight is 268 g/mol. The Balaban J connectivity index is 2.29. The summed E-state index contributed by atoms with van der Waals surface area (Å²) in [6.07, 6.45) is 1.98. The van der Waals surface area contributed by atoms with Gasteiger partial charge in [0.2, 0.25) is 0 Å². The summed E-state index contributed by atoms with van der Waals surface area (Å²) < 4.78 is 0. The van der Waals surface area contributed by atoms with E-state index < -0.39 is 5.97 Å². The summed E-state index contributed by atoms with van der Waals surface area (Å²) in [7, 11) is 0. The number of allylic oxidation sites excluding steroid dienone is 1. The van der Waals surface area contributed by atoms with Crippen molar-refractivity contribution in [3.05, 3.63) is 64.7 Å². The van der Waals surface area contributed by atoms with Gasteiger partial charge in [-0.25, -0.2) is 4.79 Å². The van der Waals surface area contributed by atoms with Crippen molar-refractivity contribution >= 4 is 17.6 Å². The number of carbonyl (C=O) groups is 1. The van der Waals surface area contributed by atoms with Crippen molar-refractivity contribution in [2.45, 2.75) is 13.8 Å². The van der Waals surface area contributed by atoms with Gasteiger partial charge in [-0.1, -0.05) is 24.3 Å². The van der Waals surface area contributed by atoms with Crippen molar-refractivity contribution in [3.8, 4) is 5.75 Å². The molecule has 0 radical (unpaired) electrons. The Morgan fingerprint density at radius 2 is 1.65 bits per heavy atom. The molecule has 0 aliphatic heterocycles. The maximum atomic E-state index is 10.8. The van der Waals surface area contributed by atoms with Crippen molar-refractivity contribution in [3.63, 3.8) is 0 Å². The highest BCUT2D eigenvalue weighted by Gasteiger charge is 2.02. The first-order chi connectivity index (χ1) is 9.47. The Kier molecular flexibility index (Phi) is 3.89. The molecule has 0 saturated carbocycles. The number of hydrogen-bond acceptors (Lipinski definition) is 2. The van der Waals surface area contributed by atoms with Gasteiger partial charge >= 0.3 is 5.97 Å². The predicted molar refractivity (Wildman–Crippen MR) is 79.8 cm³/mol. The van der Waals surface area contributed by atoms with Crippen LogP contribution in [0.2, 0.25) is 0 Å². The van der Waals surface area contributed by atoms with E-state index in [-0.39, 0.29) is 11.3 Å². The molecular weight excluding hydrogens is 252 g/mol. The molecule has 0 aromatic heterocycles. The zero-order valence-electron chi connectivity index (χ0n) is 11.4. The molecule has 20 heavy (non-hydrogen) atoms. The summed E-state index contributed by atoms with van der Waals surface area (Å²) in [5.41, 5.74) is 4.13. The number of rotatable bonds is 3. The van der Waals surface area contributed by atoms with E-state index in [9.17, 15) is 9.90 Å². The highest BCUT2D eigenvalue weighted by molar-refractivity contribution is 5.88. The van der Waals surface area contributed by atoms with Gasteiger partial charge < -0.3 is 10.2 Å². The molecule has 102 valence electrons. The van der Waals surface area contributed by atoms with Crippen LogP contribution in [0.1, 0.15) is 34.0 Å². The Labute approximate surface area is 117 Å². The normalized spacial score (nSPS) is 11.4. The highest BCUT2D eigenvalue weighted by Crippen LogP contribution is 2.23. The SMILES string of the molecule is CC(=Cc1ccc(C(=O)O)cc1)c1ccc(O)c(C)c1. The third kappa shape index (κ3) is 3.06. The van der Waals surface area contributed by atoms with E-state index in [1.807, 2.05) is 32.1 Å². The van der Waals surface area contributed by atoms with Gasteiger partial charge in [0, 0.05) is 0 Å². The van der Waals surface area contributed by atoms with Gasteiger partial charge in [-0.05, 0) is 60.4 Å². The van der Waals surface area contributed by atoms with Crippen molar-refractivity contribution < 1.29 is 15.0 Å². The monoisotopic (exact) mass is 268 g/mol. The summed E-state index contributed by atoms with van der Waals surface area (Å²) in [5, 5.41) is 18.4. The van der Waals surface area contributed by atoms with Crippen LogP contribution in [-0.4, -0.2) is 16.2 Å². The molecule has 0 spiro atoms. The fraction of sp³-hybridized carbons (Fsp3) is 0.118. The molecule has 2 N–H and O–H groups in total. The topological polar surface area (TPSA) is 57.5 Å². The van der Waals surface area contributed by atoms with Crippen LogP contribution in [-0.2, 0) is 0 Å². The van der Waals surface area contributed by atoms with Crippen LogP contribution in [0.15, 0.2) is 42.5 Å². The zero-order valence-corrected chi connectivity index (χ0v) is 11.4. The first kappa shape index (κ1) is 13.9. The second kappa shape index (κ2) is 5.61. The van der Waals surface area contributed by atoms with Crippen molar-refractivity contribution in [1.82, 2.24) is 0 Å². The lowest BCUT2D eigenvalue weighted by Crippen LogP contribution is -1.94. The minimum Gasteiger partial charge on any atom is -0.508 e. The van der Waals surface area contributed by atoms with Crippen LogP contribution in [0.4, 0.5) is 0 Å². The number of aromatic carboxylic acids is 1. The lowest BCUT2D eigenvalue weighted by molar-refractivity contribution is 0.0697. The number of aryl methyl sites for hydroxylation is 1. The van der Waals surface area contributed by atoms with Crippen molar-refractivity contribution in [2.75, 3.05) is 0 Å².